The maximum Gasteiger partial charge on any atom is 0.306 e. The van der Waals surface area contributed by atoms with Crippen LogP contribution in [0.15, 0.2) is 0 Å². The summed E-state index contributed by atoms with van der Waals surface area (Å²) in [6.45, 7) is 5.81. The summed E-state index contributed by atoms with van der Waals surface area (Å²) in [6, 6.07) is 0. The highest BCUT2D eigenvalue weighted by Gasteiger charge is 2.63. The second-order valence-electron chi connectivity index (χ2n) is 8.12. The highest BCUT2D eigenvalue weighted by atomic mass is 16.7. The smallest absolute Gasteiger partial charge is 0.306 e. The zero-order valence-corrected chi connectivity index (χ0v) is 13.5. The Morgan fingerprint density at radius 1 is 1.23 bits per heavy atom. The number of carbonyl (C=O) groups is 1. The van der Waals surface area contributed by atoms with Crippen LogP contribution in [0.5, 0.6) is 0 Å². The SMILES string of the molecule is C[C@@]12CC[C@H]3O[C@H](CN)OC[C@]3(C)[C@@H]1CC[C@H]1OC(=O)C[C@H]12. The van der Waals surface area contributed by atoms with Crippen molar-refractivity contribution in [3.05, 3.63) is 0 Å². The third-order valence-electron chi connectivity index (χ3n) is 7.07. The molecule has 2 aliphatic carbocycles. The summed E-state index contributed by atoms with van der Waals surface area (Å²) in [6.07, 6.45) is 4.91. The van der Waals surface area contributed by atoms with Gasteiger partial charge in [0.25, 0.3) is 0 Å². The third kappa shape index (κ3) is 1.91. The number of ether oxygens (including phenoxy) is 3. The lowest BCUT2D eigenvalue weighted by atomic mass is 9.46. The number of hydrogen-bond acceptors (Lipinski definition) is 5. The van der Waals surface area contributed by atoms with Gasteiger partial charge in [-0.1, -0.05) is 13.8 Å². The Morgan fingerprint density at radius 3 is 2.82 bits per heavy atom. The fourth-order valence-electron chi connectivity index (χ4n) is 5.92. The molecule has 124 valence electrons. The molecule has 2 heterocycles. The second-order valence-corrected chi connectivity index (χ2v) is 8.12. The molecule has 0 aromatic carbocycles. The Labute approximate surface area is 131 Å². The normalized spacial score (nSPS) is 54.1. The number of nitrogens with two attached hydrogens (primary N) is 1. The van der Waals surface area contributed by atoms with E-state index in [0.717, 1.165) is 25.7 Å². The van der Waals surface area contributed by atoms with Crippen LogP contribution in [-0.2, 0) is 19.0 Å². The lowest BCUT2D eigenvalue weighted by molar-refractivity contribution is -0.303. The van der Waals surface area contributed by atoms with Gasteiger partial charge in [0, 0.05) is 17.9 Å². The van der Waals surface area contributed by atoms with Gasteiger partial charge >= 0.3 is 5.97 Å². The van der Waals surface area contributed by atoms with Crippen LogP contribution in [-0.4, -0.2) is 37.6 Å². The molecule has 0 aromatic heterocycles. The quantitative estimate of drug-likeness (QED) is 0.748. The Balaban J connectivity index is 1.63. The van der Waals surface area contributed by atoms with Crippen molar-refractivity contribution in [1.82, 2.24) is 0 Å². The molecule has 0 radical (unpaired) electrons. The van der Waals surface area contributed by atoms with Gasteiger partial charge < -0.3 is 19.9 Å². The summed E-state index contributed by atoms with van der Waals surface area (Å²) < 4.78 is 17.6. The molecule has 4 aliphatic rings. The minimum atomic E-state index is -0.254. The van der Waals surface area contributed by atoms with E-state index in [1.165, 1.54) is 0 Å². The van der Waals surface area contributed by atoms with Gasteiger partial charge in [0.15, 0.2) is 6.29 Å². The van der Waals surface area contributed by atoms with Crippen molar-refractivity contribution in [3.8, 4) is 0 Å². The minimum Gasteiger partial charge on any atom is -0.462 e. The van der Waals surface area contributed by atoms with Crippen LogP contribution in [0.4, 0.5) is 0 Å². The van der Waals surface area contributed by atoms with E-state index in [0.29, 0.717) is 31.4 Å². The van der Waals surface area contributed by atoms with E-state index in [1.807, 2.05) is 0 Å². The molecule has 2 N–H and O–H groups in total. The van der Waals surface area contributed by atoms with Crippen LogP contribution in [0.2, 0.25) is 0 Å². The van der Waals surface area contributed by atoms with Gasteiger partial charge in [-0.05, 0) is 37.0 Å². The fraction of sp³-hybridized carbons (Fsp3) is 0.941. The maximum absolute atomic E-state index is 11.8. The molecule has 4 fully saturated rings. The Morgan fingerprint density at radius 2 is 2.05 bits per heavy atom. The number of carbonyl (C=O) groups excluding carboxylic acids is 1. The molecule has 5 nitrogen and oxygen atoms in total. The van der Waals surface area contributed by atoms with E-state index in [1.54, 1.807) is 0 Å². The number of rotatable bonds is 1. The first-order valence-corrected chi connectivity index (χ1v) is 8.64. The van der Waals surface area contributed by atoms with Crippen molar-refractivity contribution in [2.24, 2.45) is 28.4 Å². The topological polar surface area (TPSA) is 70.8 Å². The molecule has 0 amide bonds. The predicted octanol–water partition coefficient (Wildman–Crippen LogP) is 1.83. The summed E-state index contributed by atoms with van der Waals surface area (Å²) in [4.78, 5) is 11.8. The van der Waals surface area contributed by atoms with Crippen molar-refractivity contribution in [1.29, 1.82) is 0 Å². The lowest BCUT2D eigenvalue weighted by Gasteiger charge is -2.62. The molecule has 2 aliphatic heterocycles. The molecule has 5 heteroatoms. The summed E-state index contributed by atoms with van der Waals surface area (Å²) in [5, 5.41) is 0. The van der Waals surface area contributed by atoms with Crippen LogP contribution >= 0.6 is 0 Å². The first-order chi connectivity index (χ1) is 10.5. The van der Waals surface area contributed by atoms with Gasteiger partial charge in [0.2, 0.25) is 0 Å². The van der Waals surface area contributed by atoms with E-state index in [-0.39, 0.29) is 35.3 Å². The molecular formula is C17H27NO4. The third-order valence-corrected chi connectivity index (χ3v) is 7.07. The van der Waals surface area contributed by atoms with Gasteiger partial charge in [-0.3, -0.25) is 4.79 Å². The van der Waals surface area contributed by atoms with Crippen molar-refractivity contribution < 1.29 is 19.0 Å². The molecule has 2 saturated heterocycles. The summed E-state index contributed by atoms with van der Waals surface area (Å²) in [5.74, 6) is 0.875. The Kier molecular flexibility index (Phi) is 3.34. The number of fused-ring (bicyclic) bond motifs is 5. The van der Waals surface area contributed by atoms with Crippen LogP contribution in [0, 0.1) is 22.7 Å². The van der Waals surface area contributed by atoms with Crippen molar-refractivity contribution in [2.45, 2.75) is 64.4 Å². The van der Waals surface area contributed by atoms with Gasteiger partial charge in [0.05, 0.1) is 19.1 Å². The highest BCUT2D eigenvalue weighted by Crippen LogP contribution is 2.63. The molecule has 0 aromatic rings. The standard InChI is InChI=1S/C17H27NO4/c1-16-6-5-13-17(2,9-20-15(8-18)22-13)12(16)4-3-11-10(16)7-14(19)21-11/h10-13,15H,3-9,18H2,1-2H3/t10-,11-,12-,13-,15-,16+,17-/m1/s1. The number of hydrogen-bond donors (Lipinski definition) is 1. The molecular weight excluding hydrogens is 282 g/mol. The van der Waals surface area contributed by atoms with Crippen LogP contribution < -0.4 is 5.73 Å². The van der Waals surface area contributed by atoms with Crippen molar-refractivity contribution in [3.63, 3.8) is 0 Å². The molecule has 0 unspecified atom stereocenters. The summed E-state index contributed by atoms with van der Waals surface area (Å²) in [5.41, 5.74) is 5.89. The van der Waals surface area contributed by atoms with E-state index in [9.17, 15) is 4.79 Å². The first kappa shape index (κ1) is 14.9. The van der Waals surface area contributed by atoms with Crippen molar-refractivity contribution in [2.75, 3.05) is 13.2 Å². The molecule has 22 heavy (non-hydrogen) atoms. The Bertz CT molecular complexity index is 483. The molecule has 0 spiro atoms. The minimum absolute atomic E-state index is 0.0107. The number of esters is 1. The van der Waals surface area contributed by atoms with Gasteiger partial charge in [-0.2, -0.15) is 0 Å². The Hall–Kier alpha value is -0.650. The largest absolute Gasteiger partial charge is 0.462 e. The summed E-state index contributed by atoms with van der Waals surface area (Å²) in [7, 11) is 0. The zero-order chi connectivity index (χ0) is 15.5. The van der Waals surface area contributed by atoms with Gasteiger partial charge in [0.1, 0.15) is 6.10 Å². The fourth-order valence-corrected chi connectivity index (χ4v) is 5.92. The van der Waals surface area contributed by atoms with E-state index in [4.69, 9.17) is 19.9 Å². The van der Waals surface area contributed by atoms with E-state index < -0.39 is 0 Å². The van der Waals surface area contributed by atoms with Crippen LogP contribution in [0.1, 0.15) is 46.0 Å². The average molecular weight is 309 g/mol. The average Bonchev–Trinajstić information content (AvgIpc) is 2.88. The maximum atomic E-state index is 11.8. The van der Waals surface area contributed by atoms with Gasteiger partial charge in [-0.15, -0.1) is 0 Å². The molecule has 7 atom stereocenters. The van der Waals surface area contributed by atoms with E-state index >= 15 is 0 Å². The van der Waals surface area contributed by atoms with Crippen LogP contribution in [0.25, 0.3) is 0 Å². The monoisotopic (exact) mass is 309 g/mol. The first-order valence-electron chi connectivity index (χ1n) is 8.64. The zero-order valence-electron chi connectivity index (χ0n) is 13.5. The van der Waals surface area contributed by atoms with Crippen LogP contribution in [0.3, 0.4) is 0 Å². The second kappa shape index (κ2) is 4.92. The van der Waals surface area contributed by atoms with E-state index in [2.05, 4.69) is 13.8 Å². The highest BCUT2D eigenvalue weighted by molar-refractivity contribution is 5.72. The van der Waals surface area contributed by atoms with Gasteiger partial charge in [-0.25, -0.2) is 0 Å². The lowest BCUT2D eigenvalue weighted by Crippen LogP contribution is -2.62. The van der Waals surface area contributed by atoms with Crippen molar-refractivity contribution >= 4 is 5.97 Å². The molecule has 0 bridgehead atoms. The molecule has 4 rings (SSSR count). The predicted molar refractivity (Wildman–Crippen MR) is 79.8 cm³/mol. The summed E-state index contributed by atoms with van der Waals surface area (Å²) >= 11 is 0. The molecule has 2 saturated carbocycles.